The van der Waals surface area contributed by atoms with Crippen molar-refractivity contribution < 1.29 is 24.7 Å². The number of hydrogen-bond acceptors (Lipinski definition) is 8. The Morgan fingerprint density at radius 3 is 1.72 bits per heavy atom. The van der Waals surface area contributed by atoms with Crippen LogP contribution in [0.3, 0.4) is 0 Å². The fourth-order valence-electron chi connectivity index (χ4n) is 4.84. The van der Waals surface area contributed by atoms with E-state index < -0.39 is 51.3 Å². The fourth-order valence-corrected chi connectivity index (χ4v) is 4.84. The second-order valence-electron chi connectivity index (χ2n) is 9.27. The molecule has 0 spiro atoms. The van der Waals surface area contributed by atoms with Gasteiger partial charge in [-0.1, -0.05) is 0 Å². The molecule has 5 aromatic rings. The van der Waals surface area contributed by atoms with Crippen LogP contribution in [-0.2, 0) is 0 Å². The van der Waals surface area contributed by atoms with Gasteiger partial charge in [0, 0.05) is 23.4 Å². The van der Waals surface area contributed by atoms with Crippen LogP contribution in [0.25, 0.3) is 11.4 Å². The van der Waals surface area contributed by atoms with Crippen LogP contribution in [0.15, 0.2) is 92.2 Å². The summed E-state index contributed by atoms with van der Waals surface area (Å²) in [5.74, 6) is -2.30. The summed E-state index contributed by atoms with van der Waals surface area (Å²) in [6, 6.07) is 15.2. The maximum Gasteiger partial charge on any atom is 0.335 e. The van der Waals surface area contributed by atoms with Crippen LogP contribution < -0.4 is 42.1 Å². The quantitative estimate of drug-likeness (QED) is 0.228. The van der Waals surface area contributed by atoms with E-state index in [4.69, 9.17) is 9.47 Å². The van der Waals surface area contributed by atoms with Crippen molar-refractivity contribution in [2.45, 2.75) is 19.8 Å². The first kappa shape index (κ1) is 28.7. The Morgan fingerprint density at radius 2 is 1.21 bits per heavy atom. The minimum absolute atomic E-state index is 0.133. The molecule has 0 saturated carbocycles. The average Bonchev–Trinajstić information content (AvgIpc) is 2.98. The normalized spacial score (nSPS) is 11.7. The lowest BCUT2D eigenvalue weighted by Crippen LogP contribution is -2.38. The number of ether oxygens (including phenoxy) is 2. The molecule has 43 heavy (non-hydrogen) atoms. The molecule has 0 saturated heterocycles. The molecule has 5 rings (SSSR count). The third-order valence-electron chi connectivity index (χ3n) is 6.69. The third kappa shape index (κ3) is 5.43. The second-order valence-corrected chi connectivity index (χ2v) is 9.27. The number of H-pyrrole nitrogens is 3. The molecule has 0 fully saturated rings. The van der Waals surface area contributed by atoms with Crippen LogP contribution in [0.2, 0.25) is 0 Å². The predicted molar refractivity (Wildman–Crippen MR) is 153 cm³/mol. The highest BCUT2D eigenvalue weighted by Gasteiger charge is 2.31. The first-order valence-corrected chi connectivity index (χ1v) is 13.3. The minimum atomic E-state index is -1.50. The summed E-state index contributed by atoms with van der Waals surface area (Å²) >= 11 is 0. The number of benzene rings is 2. The molecule has 220 valence electrons. The smallest absolute Gasteiger partial charge is 0.335 e. The van der Waals surface area contributed by atoms with Gasteiger partial charge in [-0.15, -0.1) is 0 Å². The molecule has 13 heteroatoms. The van der Waals surface area contributed by atoms with Gasteiger partial charge in [-0.3, -0.25) is 24.1 Å². The van der Waals surface area contributed by atoms with Gasteiger partial charge in [-0.05, 0) is 73.8 Å². The molecule has 0 bridgehead atoms. The van der Waals surface area contributed by atoms with E-state index in [1.165, 1.54) is 48.8 Å². The maximum atomic E-state index is 14.0. The van der Waals surface area contributed by atoms with Gasteiger partial charge in [0.1, 0.15) is 11.5 Å². The number of aromatic amines is 3. The molecule has 0 aliphatic rings. The number of nitrogens with one attached hydrogen (secondary N) is 3. The zero-order chi connectivity index (χ0) is 30.7. The van der Waals surface area contributed by atoms with E-state index in [1.807, 2.05) is 6.92 Å². The molecular formula is C30H27N5O8. The largest absolute Gasteiger partial charge is 0.859 e. The monoisotopic (exact) mass is 585 g/mol. The zero-order valence-corrected chi connectivity index (χ0v) is 23.1. The van der Waals surface area contributed by atoms with Crippen molar-refractivity contribution in [1.29, 1.82) is 0 Å². The molecule has 3 aromatic heterocycles. The van der Waals surface area contributed by atoms with Crippen molar-refractivity contribution in [2.75, 3.05) is 13.2 Å². The van der Waals surface area contributed by atoms with Crippen LogP contribution in [-0.4, -0.2) is 37.4 Å². The summed E-state index contributed by atoms with van der Waals surface area (Å²) in [5.41, 5.74) is -4.47. The number of nitrogens with zero attached hydrogens (tertiary/aromatic N) is 2. The van der Waals surface area contributed by atoms with Crippen LogP contribution in [0.5, 0.6) is 23.3 Å². The highest BCUT2D eigenvalue weighted by atomic mass is 16.5. The Kier molecular flexibility index (Phi) is 7.96. The summed E-state index contributed by atoms with van der Waals surface area (Å²) in [5, 5.41) is 25.5. The van der Waals surface area contributed by atoms with Crippen molar-refractivity contribution in [3.8, 4) is 34.6 Å². The standard InChI is InChI=1S/C30H27N5O8/c1-3-42-20-9-5-18(6-10-20)34-27(38)23(25(36)32-29(34)40)22(17-13-15-31-16-14-17)24-26(37)33-30(41)35(28(24)39)19-7-11-21(12-8-19)43-4-2/h5-16,22,38-39H,3-4H2,1-2H3,(H,32,36,40)(H,33,37,41). The number of hydrogen-bond donors (Lipinski definition) is 3. The van der Waals surface area contributed by atoms with Gasteiger partial charge < -0.3 is 19.7 Å². The van der Waals surface area contributed by atoms with Gasteiger partial charge >= 0.3 is 11.4 Å². The Labute approximate surface area is 242 Å². The lowest BCUT2D eigenvalue weighted by atomic mass is 9.87. The van der Waals surface area contributed by atoms with Crippen molar-refractivity contribution in [2.24, 2.45) is 0 Å². The fraction of sp³-hybridized carbons (Fsp3) is 0.167. The second kappa shape index (κ2) is 11.9. The van der Waals surface area contributed by atoms with Gasteiger partial charge in [0.25, 0.3) is 11.1 Å². The zero-order valence-electron chi connectivity index (χ0n) is 23.1. The molecule has 2 aromatic carbocycles. The van der Waals surface area contributed by atoms with Crippen LogP contribution >= 0.6 is 0 Å². The molecule has 4 N–H and O–H groups in total. The van der Waals surface area contributed by atoms with E-state index in [0.717, 1.165) is 9.13 Å². The summed E-state index contributed by atoms with van der Waals surface area (Å²) < 4.78 is 12.5. The van der Waals surface area contributed by atoms with Crippen molar-refractivity contribution in [1.82, 2.24) is 19.1 Å². The lowest BCUT2D eigenvalue weighted by Gasteiger charge is -2.26. The molecular weight excluding hydrogens is 558 g/mol. The Balaban J connectivity index is 1.78. The number of pyridine rings is 1. The van der Waals surface area contributed by atoms with Crippen molar-refractivity contribution in [3.63, 3.8) is 0 Å². The van der Waals surface area contributed by atoms with E-state index in [2.05, 4.69) is 15.0 Å². The molecule has 0 aliphatic carbocycles. The number of rotatable bonds is 9. The van der Waals surface area contributed by atoms with Crippen LogP contribution in [0, 0.1) is 0 Å². The number of aromatic nitrogens is 5. The molecule has 1 unspecified atom stereocenters. The van der Waals surface area contributed by atoms with E-state index >= 15 is 0 Å². The summed E-state index contributed by atoms with van der Waals surface area (Å²) in [6.07, 6.45) is 2.99. The van der Waals surface area contributed by atoms with Crippen molar-refractivity contribution >= 4 is 0 Å². The van der Waals surface area contributed by atoms with Crippen LogP contribution in [0.4, 0.5) is 0 Å². The molecule has 1 atom stereocenters. The first-order chi connectivity index (χ1) is 20.7. The molecule has 0 amide bonds. The topological polar surface area (TPSA) is 186 Å². The average molecular weight is 586 g/mol. The van der Waals surface area contributed by atoms with Gasteiger partial charge in [-0.25, -0.2) is 19.1 Å². The van der Waals surface area contributed by atoms with Crippen molar-refractivity contribution in [3.05, 3.63) is 131 Å². The molecule has 13 nitrogen and oxygen atoms in total. The highest BCUT2D eigenvalue weighted by molar-refractivity contribution is 5.51. The predicted octanol–water partition coefficient (Wildman–Crippen LogP) is 0.936. The number of aromatic hydroxyl groups is 1. The minimum Gasteiger partial charge on any atom is -0.859 e. The summed E-state index contributed by atoms with van der Waals surface area (Å²) in [4.78, 5) is 59.7. The Hall–Kier alpha value is -5.85. The maximum absolute atomic E-state index is 14.0. The van der Waals surface area contributed by atoms with Gasteiger partial charge in [0.15, 0.2) is 12.4 Å². The third-order valence-corrected chi connectivity index (χ3v) is 6.69. The van der Waals surface area contributed by atoms with Gasteiger partial charge in [0.05, 0.1) is 30.4 Å². The lowest BCUT2D eigenvalue weighted by molar-refractivity contribution is -0.378. The van der Waals surface area contributed by atoms with Gasteiger partial charge in [0.2, 0.25) is 5.88 Å². The van der Waals surface area contributed by atoms with Gasteiger partial charge in [-0.2, -0.15) is 0 Å². The van der Waals surface area contributed by atoms with E-state index in [1.54, 1.807) is 31.2 Å². The van der Waals surface area contributed by atoms with E-state index in [9.17, 15) is 29.4 Å². The Bertz CT molecular complexity index is 1870. The SMILES string of the molecule is CCOc1ccc(-n2c([O-])c(C(c3cc[nH+]cc3)c3c(O)n(-c4ccc(OCC)cc4)c(=O)[nH]c3=O)c(=O)[nH]c2=O)cc1. The molecule has 0 aliphatic heterocycles. The molecule has 0 radical (unpaired) electrons. The summed E-state index contributed by atoms with van der Waals surface area (Å²) in [6.45, 7) is 4.43. The van der Waals surface area contributed by atoms with E-state index in [0.29, 0.717) is 24.7 Å². The van der Waals surface area contributed by atoms with E-state index in [-0.39, 0.29) is 16.9 Å². The van der Waals surface area contributed by atoms with Crippen LogP contribution in [0.1, 0.15) is 36.5 Å². The molecule has 3 heterocycles. The highest BCUT2D eigenvalue weighted by Crippen LogP contribution is 2.36. The first-order valence-electron chi connectivity index (χ1n) is 13.3. The Morgan fingerprint density at radius 1 is 0.744 bits per heavy atom. The summed E-state index contributed by atoms with van der Waals surface area (Å²) in [7, 11) is 0.